The number of amides is 3. The van der Waals surface area contributed by atoms with Crippen LogP contribution in [0.4, 0.5) is 23.7 Å². The third-order valence-corrected chi connectivity index (χ3v) is 5.83. The number of Topliss-reactive ketones (excluding diaryl/α,β-unsaturated/α-hetero) is 1. The van der Waals surface area contributed by atoms with E-state index in [1.54, 1.807) is 30.3 Å². The molecule has 10 heteroatoms. The molecule has 0 bridgehead atoms. The van der Waals surface area contributed by atoms with Gasteiger partial charge in [0.05, 0.1) is 28.9 Å². The molecule has 3 amide bonds. The number of halogens is 4. The molecule has 31 heavy (non-hydrogen) atoms. The molecular formula is C21H17ClF3N3O3. The van der Waals surface area contributed by atoms with Gasteiger partial charge in [-0.3, -0.25) is 9.59 Å². The molecule has 2 fully saturated rings. The smallest absolute Gasteiger partial charge is 0.326 e. The van der Waals surface area contributed by atoms with Gasteiger partial charge in [0, 0.05) is 12.1 Å². The molecule has 0 aliphatic carbocycles. The van der Waals surface area contributed by atoms with Crippen LogP contribution in [-0.2, 0) is 11.0 Å². The van der Waals surface area contributed by atoms with Gasteiger partial charge >= 0.3 is 12.2 Å². The first kappa shape index (κ1) is 21.2. The van der Waals surface area contributed by atoms with Crippen LogP contribution in [-0.4, -0.2) is 52.7 Å². The molecule has 2 aromatic carbocycles. The predicted molar refractivity (Wildman–Crippen MR) is 107 cm³/mol. The average Bonchev–Trinajstić information content (AvgIpc) is 3.30. The summed E-state index contributed by atoms with van der Waals surface area (Å²) in [5, 5.41) is 2.31. The molecule has 2 aliphatic rings. The summed E-state index contributed by atoms with van der Waals surface area (Å²) < 4.78 is 38.9. The lowest BCUT2D eigenvalue weighted by molar-refractivity contribution is -0.137. The molecule has 2 aliphatic heterocycles. The Hall–Kier alpha value is -3.07. The summed E-state index contributed by atoms with van der Waals surface area (Å²) in [5.74, 6) is -0.596. The van der Waals surface area contributed by atoms with Gasteiger partial charge in [-0.05, 0) is 36.8 Å². The van der Waals surface area contributed by atoms with Crippen molar-refractivity contribution in [3.8, 4) is 0 Å². The van der Waals surface area contributed by atoms with E-state index in [1.807, 2.05) is 0 Å². The fraction of sp³-hybridized carbons (Fsp3) is 0.286. The number of alkyl halides is 3. The van der Waals surface area contributed by atoms with Crippen molar-refractivity contribution in [2.24, 2.45) is 0 Å². The Morgan fingerprint density at radius 3 is 2.45 bits per heavy atom. The van der Waals surface area contributed by atoms with Gasteiger partial charge in [0.2, 0.25) is 0 Å². The minimum absolute atomic E-state index is 0.0595. The molecule has 2 aromatic rings. The Kier molecular flexibility index (Phi) is 5.38. The Morgan fingerprint density at radius 1 is 1.06 bits per heavy atom. The number of hydrogen-bond acceptors (Lipinski definition) is 3. The zero-order chi connectivity index (χ0) is 22.3. The van der Waals surface area contributed by atoms with Crippen LogP contribution < -0.4 is 5.32 Å². The largest absolute Gasteiger partial charge is 0.416 e. The zero-order valence-electron chi connectivity index (χ0n) is 16.0. The lowest BCUT2D eigenvalue weighted by atomic mass is 10.1. The number of ketones is 1. The molecule has 2 saturated heterocycles. The number of carbonyl (C=O) groups excluding carboxylic acids is 3. The first-order valence-electron chi connectivity index (χ1n) is 9.50. The third-order valence-electron chi connectivity index (χ3n) is 5.50. The minimum Gasteiger partial charge on any atom is -0.326 e. The summed E-state index contributed by atoms with van der Waals surface area (Å²) in [6.07, 6.45) is -4.21. The van der Waals surface area contributed by atoms with E-state index in [0.29, 0.717) is 12.0 Å². The number of nitrogens with one attached hydrogen (secondary N) is 1. The number of nitrogens with zero attached hydrogens (tertiary/aromatic N) is 2. The van der Waals surface area contributed by atoms with Crippen molar-refractivity contribution in [1.82, 2.24) is 9.80 Å². The number of fused-ring (bicyclic) bond motifs is 1. The Bertz CT molecular complexity index is 1050. The van der Waals surface area contributed by atoms with Gasteiger partial charge in [0.25, 0.3) is 5.91 Å². The first-order valence-corrected chi connectivity index (χ1v) is 9.87. The highest BCUT2D eigenvalue weighted by molar-refractivity contribution is 6.33. The van der Waals surface area contributed by atoms with E-state index in [-0.39, 0.29) is 35.5 Å². The number of anilines is 1. The SMILES string of the molecule is O=C1CN(C(=O)c2ccccc2)C2CCN(C(=O)Nc3cc(C(F)(F)F)ccc3Cl)[C@H]12. The standard InChI is InChI=1S/C21H17ClF3N3O3/c22-14-7-6-13(21(23,24)25)10-15(14)26-20(31)27-9-8-16-18(27)17(29)11-28(16)19(30)12-4-2-1-3-5-12/h1-7,10,16,18H,8-9,11H2,(H,26,31)/t16?,18-/m0/s1. The highest BCUT2D eigenvalue weighted by atomic mass is 35.5. The van der Waals surface area contributed by atoms with Gasteiger partial charge in [-0.25, -0.2) is 4.79 Å². The molecule has 1 N–H and O–H groups in total. The maximum atomic E-state index is 13.0. The van der Waals surface area contributed by atoms with E-state index < -0.39 is 29.9 Å². The summed E-state index contributed by atoms with van der Waals surface area (Å²) in [6.45, 7) is 0.0548. The number of benzene rings is 2. The molecular weight excluding hydrogens is 435 g/mol. The van der Waals surface area contributed by atoms with Crippen LogP contribution in [0.15, 0.2) is 48.5 Å². The van der Waals surface area contributed by atoms with E-state index in [1.165, 1.54) is 9.80 Å². The molecule has 1 unspecified atom stereocenters. The predicted octanol–water partition coefficient (Wildman–Crippen LogP) is 4.06. The molecule has 0 spiro atoms. The number of likely N-dealkylation sites (tertiary alicyclic amines) is 2. The molecule has 4 rings (SSSR count). The van der Waals surface area contributed by atoms with Crippen molar-refractivity contribution in [2.45, 2.75) is 24.7 Å². The second kappa shape index (κ2) is 7.88. The minimum atomic E-state index is -4.59. The highest BCUT2D eigenvalue weighted by Crippen LogP contribution is 2.35. The van der Waals surface area contributed by atoms with Gasteiger partial charge in [-0.1, -0.05) is 29.8 Å². The summed E-state index contributed by atoms with van der Waals surface area (Å²) in [4.78, 5) is 40.9. The average molecular weight is 452 g/mol. The normalized spacial score (nSPS) is 20.7. The number of urea groups is 1. The van der Waals surface area contributed by atoms with E-state index in [4.69, 9.17) is 11.6 Å². The fourth-order valence-electron chi connectivity index (χ4n) is 4.05. The van der Waals surface area contributed by atoms with Crippen LogP contribution in [0.2, 0.25) is 5.02 Å². The summed E-state index contributed by atoms with van der Waals surface area (Å²) in [5.41, 5.74) is -0.717. The van der Waals surface area contributed by atoms with Crippen LogP contribution in [0.5, 0.6) is 0 Å². The Morgan fingerprint density at radius 2 is 1.77 bits per heavy atom. The van der Waals surface area contributed by atoms with Crippen molar-refractivity contribution in [1.29, 1.82) is 0 Å². The molecule has 2 heterocycles. The summed E-state index contributed by atoms with van der Waals surface area (Å²) >= 11 is 5.95. The van der Waals surface area contributed by atoms with Crippen molar-refractivity contribution in [2.75, 3.05) is 18.4 Å². The monoisotopic (exact) mass is 451 g/mol. The molecule has 0 radical (unpaired) electrons. The molecule has 2 atom stereocenters. The third kappa shape index (κ3) is 3.97. The second-order valence-corrected chi connectivity index (χ2v) is 7.79. The van der Waals surface area contributed by atoms with Gasteiger partial charge < -0.3 is 15.1 Å². The maximum absolute atomic E-state index is 13.0. The van der Waals surface area contributed by atoms with Crippen molar-refractivity contribution < 1.29 is 27.6 Å². The molecule has 0 aromatic heterocycles. The topological polar surface area (TPSA) is 69.7 Å². The van der Waals surface area contributed by atoms with E-state index in [9.17, 15) is 27.6 Å². The van der Waals surface area contributed by atoms with Crippen molar-refractivity contribution >= 4 is 35.0 Å². The number of hydrogen-bond donors (Lipinski definition) is 1. The van der Waals surface area contributed by atoms with Crippen LogP contribution >= 0.6 is 11.6 Å². The molecule has 162 valence electrons. The fourth-order valence-corrected chi connectivity index (χ4v) is 4.22. The van der Waals surface area contributed by atoms with Crippen LogP contribution in [0.3, 0.4) is 0 Å². The van der Waals surface area contributed by atoms with E-state index in [2.05, 4.69) is 5.32 Å². The van der Waals surface area contributed by atoms with Crippen LogP contribution in [0, 0.1) is 0 Å². The van der Waals surface area contributed by atoms with Gasteiger partial charge in [0.15, 0.2) is 5.78 Å². The Labute approximate surface area is 180 Å². The lowest BCUT2D eigenvalue weighted by Gasteiger charge is -2.25. The maximum Gasteiger partial charge on any atom is 0.416 e. The number of carbonyl (C=O) groups is 3. The second-order valence-electron chi connectivity index (χ2n) is 7.38. The van der Waals surface area contributed by atoms with Gasteiger partial charge in [-0.15, -0.1) is 0 Å². The van der Waals surface area contributed by atoms with Crippen molar-refractivity contribution in [3.63, 3.8) is 0 Å². The van der Waals surface area contributed by atoms with Crippen LogP contribution in [0.1, 0.15) is 22.3 Å². The summed E-state index contributed by atoms with van der Waals surface area (Å²) in [6, 6.07) is 9.04. The Balaban J connectivity index is 1.52. The highest BCUT2D eigenvalue weighted by Gasteiger charge is 2.51. The lowest BCUT2D eigenvalue weighted by Crippen LogP contribution is -2.45. The zero-order valence-corrected chi connectivity index (χ0v) is 16.8. The van der Waals surface area contributed by atoms with Crippen LogP contribution in [0.25, 0.3) is 0 Å². The summed E-state index contributed by atoms with van der Waals surface area (Å²) in [7, 11) is 0. The molecule has 0 saturated carbocycles. The van der Waals surface area contributed by atoms with E-state index >= 15 is 0 Å². The van der Waals surface area contributed by atoms with Gasteiger partial charge in [-0.2, -0.15) is 13.2 Å². The molecule has 6 nitrogen and oxygen atoms in total. The number of rotatable bonds is 2. The van der Waals surface area contributed by atoms with E-state index in [0.717, 1.165) is 18.2 Å². The first-order chi connectivity index (χ1) is 14.7. The van der Waals surface area contributed by atoms with Crippen molar-refractivity contribution in [3.05, 3.63) is 64.7 Å². The quantitative estimate of drug-likeness (QED) is 0.748. The van der Waals surface area contributed by atoms with Gasteiger partial charge in [0.1, 0.15) is 6.04 Å².